The molecule has 6 heteroatoms. The van der Waals surface area contributed by atoms with Crippen LogP contribution in [0, 0.1) is 0 Å². The van der Waals surface area contributed by atoms with Gasteiger partial charge in [0.05, 0.1) is 13.2 Å². The van der Waals surface area contributed by atoms with Crippen LogP contribution in [0.5, 0.6) is 0 Å². The van der Waals surface area contributed by atoms with E-state index in [-0.39, 0.29) is 26.2 Å². The molecule has 0 aromatic heterocycles. The lowest BCUT2D eigenvalue weighted by molar-refractivity contribution is 0.0961. The summed E-state index contributed by atoms with van der Waals surface area (Å²) in [4.78, 5) is 10.2. The summed E-state index contributed by atoms with van der Waals surface area (Å²) in [7, 11) is 0. The van der Waals surface area contributed by atoms with Gasteiger partial charge in [-0.1, -0.05) is 0 Å². The van der Waals surface area contributed by atoms with Gasteiger partial charge in [0.15, 0.2) is 0 Å². The molecule has 0 aromatic carbocycles. The van der Waals surface area contributed by atoms with Gasteiger partial charge in [-0.2, -0.15) is 13.5 Å². The molecule has 5 nitrogen and oxygen atoms in total. The third-order valence-corrected chi connectivity index (χ3v) is 1.91. The van der Waals surface area contributed by atoms with Gasteiger partial charge >= 0.3 is 6.09 Å². The number of hydrogen-bond acceptors (Lipinski definition) is 4. The van der Waals surface area contributed by atoms with Crippen LogP contribution in [-0.2, 0) is 4.74 Å². The van der Waals surface area contributed by atoms with E-state index in [2.05, 4.69) is 15.4 Å². The molecule has 3 N–H and O–H groups in total. The molecule has 2 saturated heterocycles. The average molecular weight is 222 g/mol. The number of aliphatic hydroxyl groups is 1. The first-order chi connectivity index (χ1) is 6.33. The first-order valence-corrected chi connectivity index (χ1v) is 4.59. The number of carbonyl (C=O) groups excluding carboxylic acids is 1. The Labute approximate surface area is 90.6 Å². The molecule has 0 unspecified atom stereocenters. The second-order valence-corrected chi connectivity index (χ2v) is 3.05. The number of ether oxygens (including phenoxy) is 1. The maximum Gasteiger partial charge on any atom is 0.407 e. The van der Waals surface area contributed by atoms with Crippen molar-refractivity contribution in [3.05, 3.63) is 0 Å². The molecule has 0 bridgehead atoms. The molecule has 2 aliphatic heterocycles. The second-order valence-electron chi connectivity index (χ2n) is 3.05. The van der Waals surface area contributed by atoms with Crippen LogP contribution in [0.1, 0.15) is 12.8 Å². The fraction of sp³-hybridized carbons (Fsp3) is 0.875. The summed E-state index contributed by atoms with van der Waals surface area (Å²) >= 11 is 0. The quantitative estimate of drug-likeness (QED) is 0.563. The molecule has 0 saturated carbocycles. The van der Waals surface area contributed by atoms with Gasteiger partial charge in [-0.05, 0) is 25.9 Å². The van der Waals surface area contributed by atoms with Crippen LogP contribution in [0.3, 0.4) is 0 Å². The average Bonchev–Trinajstić information content (AvgIpc) is 2.76. The Morgan fingerprint density at radius 2 is 2.07 bits per heavy atom. The monoisotopic (exact) mass is 222 g/mol. The van der Waals surface area contributed by atoms with E-state index in [9.17, 15) is 4.79 Å². The molecular formula is C8H18N2O3S. The molecule has 1 atom stereocenters. The number of amides is 1. The van der Waals surface area contributed by atoms with Gasteiger partial charge in [-0.25, -0.2) is 4.79 Å². The van der Waals surface area contributed by atoms with Crippen LogP contribution in [0.15, 0.2) is 0 Å². The number of aliphatic hydroxyl groups excluding tert-OH is 1. The Morgan fingerprint density at radius 1 is 1.43 bits per heavy atom. The molecule has 2 fully saturated rings. The maximum atomic E-state index is 10.2. The van der Waals surface area contributed by atoms with Crippen molar-refractivity contribution in [1.82, 2.24) is 10.6 Å². The van der Waals surface area contributed by atoms with Crippen LogP contribution in [0.4, 0.5) is 4.79 Å². The van der Waals surface area contributed by atoms with E-state index in [1.54, 1.807) is 0 Å². The highest BCUT2D eigenvalue weighted by atomic mass is 32.1. The molecule has 84 valence electrons. The van der Waals surface area contributed by atoms with E-state index in [1.807, 2.05) is 0 Å². The van der Waals surface area contributed by atoms with E-state index in [1.165, 1.54) is 25.9 Å². The summed E-state index contributed by atoms with van der Waals surface area (Å²) in [5.74, 6) is 0. The highest BCUT2D eigenvalue weighted by molar-refractivity contribution is 7.59. The largest absolute Gasteiger partial charge is 0.442 e. The van der Waals surface area contributed by atoms with Crippen molar-refractivity contribution >= 4 is 19.6 Å². The van der Waals surface area contributed by atoms with Crippen LogP contribution in [0.2, 0.25) is 0 Å². The SMILES string of the molecule is C1CCNC1.O=C1NC[C@@H](CO)O1.S. The minimum absolute atomic E-state index is 0. The highest BCUT2D eigenvalue weighted by Gasteiger charge is 2.20. The fourth-order valence-electron chi connectivity index (χ4n) is 1.16. The van der Waals surface area contributed by atoms with Gasteiger partial charge < -0.3 is 20.5 Å². The van der Waals surface area contributed by atoms with Gasteiger partial charge in [0, 0.05) is 0 Å². The number of rotatable bonds is 1. The van der Waals surface area contributed by atoms with Crippen LogP contribution < -0.4 is 10.6 Å². The van der Waals surface area contributed by atoms with Gasteiger partial charge in [0.2, 0.25) is 0 Å². The van der Waals surface area contributed by atoms with Gasteiger partial charge in [-0.3, -0.25) is 0 Å². The van der Waals surface area contributed by atoms with Gasteiger partial charge in [0.25, 0.3) is 0 Å². The lowest BCUT2D eigenvalue weighted by atomic mass is 10.4. The molecule has 0 aromatic rings. The topological polar surface area (TPSA) is 70.6 Å². The van der Waals surface area contributed by atoms with Crippen molar-refractivity contribution in [2.45, 2.75) is 18.9 Å². The Kier molecular flexibility index (Phi) is 7.64. The Balaban J connectivity index is 0.000000246. The summed E-state index contributed by atoms with van der Waals surface area (Å²) in [6, 6.07) is 0. The van der Waals surface area contributed by atoms with Crippen LogP contribution in [-0.4, -0.2) is 43.5 Å². The van der Waals surface area contributed by atoms with E-state index in [4.69, 9.17) is 5.11 Å². The van der Waals surface area contributed by atoms with Crippen LogP contribution >= 0.6 is 13.5 Å². The lowest BCUT2D eigenvalue weighted by Gasteiger charge is -1.98. The molecule has 0 spiro atoms. The lowest BCUT2D eigenvalue weighted by Crippen LogP contribution is -2.17. The second kappa shape index (κ2) is 7.90. The summed E-state index contributed by atoms with van der Waals surface area (Å²) in [6.07, 6.45) is 2.01. The van der Waals surface area contributed by atoms with E-state index in [0.717, 1.165) is 0 Å². The molecule has 0 aliphatic carbocycles. The standard InChI is InChI=1S/C4H7NO3.C4H9N.H2S/c6-2-3-1-5-4(7)8-3;1-2-4-5-3-1;/h3,6H,1-2H2,(H,5,7);5H,1-4H2;1H2/t3-;;/m0../s1. The Morgan fingerprint density at radius 3 is 2.29 bits per heavy atom. The van der Waals surface area contributed by atoms with Crippen molar-refractivity contribution in [2.75, 3.05) is 26.2 Å². The highest BCUT2D eigenvalue weighted by Crippen LogP contribution is 1.96. The van der Waals surface area contributed by atoms with Crippen molar-refractivity contribution in [2.24, 2.45) is 0 Å². The summed E-state index contributed by atoms with van der Waals surface area (Å²) in [5, 5.41) is 14.0. The van der Waals surface area contributed by atoms with Crippen molar-refractivity contribution < 1.29 is 14.6 Å². The van der Waals surface area contributed by atoms with Crippen LogP contribution in [0.25, 0.3) is 0 Å². The number of alkyl carbamates (subject to hydrolysis) is 1. The number of carbonyl (C=O) groups is 1. The third kappa shape index (κ3) is 5.31. The number of cyclic esters (lactones) is 1. The third-order valence-electron chi connectivity index (χ3n) is 1.91. The van der Waals surface area contributed by atoms with Gasteiger partial charge in [0.1, 0.15) is 6.10 Å². The van der Waals surface area contributed by atoms with E-state index >= 15 is 0 Å². The molecule has 14 heavy (non-hydrogen) atoms. The molecule has 2 rings (SSSR count). The normalized spacial score (nSPS) is 24.1. The van der Waals surface area contributed by atoms with E-state index < -0.39 is 6.09 Å². The molecular weight excluding hydrogens is 204 g/mol. The Bertz CT molecular complexity index is 157. The van der Waals surface area contributed by atoms with Crippen molar-refractivity contribution in [1.29, 1.82) is 0 Å². The van der Waals surface area contributed by atoms with Gasteiger partial charge in [-0.15, -0.1) is 0 Å². The van der Waals surface area contributed by atoms with E-state index in [0.29, 0.717) is 6.54 Å². The predicted molar refractivity (Wildman–Crippen MR) is 57.8 cm³/mol. The maximum absolute atomic E-state index is 10.2. The molecule has 2 heterocycles. The fourth-order valence-corrected chi connectivity index (χ4v) is 1.16. The summed E-state index contributed by atoms with van der Waals surface area (Å²) in [6.45, 7) is 2.83. The zero-order chi connectivity index (χ0) is 9.52. The Hall–Kier alpha value is -0.460. The molecule has 0 radical (unpaired) electrons. The number of nitrogens with one attached hydrogen (secondary N) is 2. The van der Waals surface area contributed by atoms with Crippen molar-refractivity contribution in [3.63, 3.8) is 0 Å². The first-order valence-electron chi connectivity index (χ1n) is 4.59. The summed E-state index contributed by atoms with van der Waals surface area (Å²) < 4.78 is 4.51. The number of hydrogen-bond donors (Lipinski definition) is 3. The minimum atomic E-state index is -0.441. The zero-order valence-electron chi connectivity index (χ0n) is 8.08. The zero-order valence-corrected chi connectivity index (χ0v) is 9.08. The van der Waals surface area contributed by atoms with Crippen molar-refractivity contribution in [3.8, 4) is 0 Å². The molecule has 1 amide bonds. The first kappa shape index (κ1) is 13.5. The smallest absolute Gasteiger partial charge is 0.407 e. The predicted octanol–water partition coefficient (Wildman–Crippen LogP) is -0.430. The molecule has 2 aliphatic rings. The summed E-state index contributed by atoms with van der Waals surface area (Å²) in [5.41, 5.74) is 0. The minimum Gasteiger partial charge on any atom is -0.442 e.